The Balaban J connectivity index is 1.58. The zero-order valence-corrected chi connectivity index (χ0v) is 18.3. The van der Waals surface area contributed by atoms with Gasteiger partial charge in [-0.15, -0.1) is 0 Å². The van der Waals surface area contributed by atoms with Gasteiger partial charge in [0.25, 0.3) is 5.91 Å². The molecule has 0 saturated heterocycles. The van der Waals surface area contributed by atoms with E-state index in [0.29, 0.717) is 0 Å². The van der Waals surface area contributed by atoms with Crippen LogP contribution < -0.4 is 5.32 Å². The number of rotatable bonds is 9. The summed E-state index contributed by atoms with van der Waals surface area (Å²) >= 11 is 0. The molecule has 1 N–H and O–H groups in total. The molecule has 1 aromatic heterocycles. The largest absolute Gasteiger partial charge is 0.455 e. The summed E-state index contributed by atoms with van der Waals surface area (Å²) in [5.74, 6) is -0.746. The second-order valence-electron chi connectivity index (χ2n) is 7.55. The maximum Gasteiger partial charge on any atom is 0.310 e. The average Bonchev–Trinajstić information content (AvgIpc) is 3.07. The van der Waals surface area contributed by atoms with Crippen molar-refractivity contribution in [3.05, 3.63) is 83.2 Å². The highest BCUT2D eigenvalue weighted by atomic mass is 16.5. The maximum absolute atomic E-state index is 12.4. The normalized spacial score (nSPS) is 11.7. The number of nitrogens with one attached hydrogen (secondary N) is 1. The van der Waals surface area contributed by atoms with Crippen LogP contribution in [0.15, 0.2) is 60.7 Å². The minimum Gasteiger partial charge on any atom is -0.455 e. The van der Waals surface area contributed by atoms with Crippen LogP contribution in [-0.2, 0) is 20.7 Å². The molecule has 0 aliphatic carbocycles. The topological polar surface area (TPSA) is 73.2 Å². The number of carbonyl (C=O) groups is 2. The summed E-state index contributed by atoms with van der Waals surface area (Å²) in [6.07, 6.45) is 1.83. The Morgan fingerprint density at radius 3 is 2.32 bits per heavy atom. The van der Waals surface area contributed by atoms with Gasteiger partial charge in [-0.2, -0.15) is 5.10 Å². The minimum absolute atomic E-state index is 0.0782. The first-order valence-corrected chi connectivity index (χ1v) is 10.6. The molecule has 6 nitrogen and oxygen atoms in total. The molecule has 2 aromatic carbocycles. The molecule has 162 valence electrons. The zero-order valence-electron chi connectivity index (χ0n) is 18.3. The summed E-state index contributed by atoms with van der Waals surface area (Å²) in [7, 11) is 0. The molecule has 3 aromatic rings. The number of aromatic nitrogens is 2. The zero-order chi connectivity index (χ0) is 22.2. The van der Waals surface area contributed by atoms with Gasteiger partial charge in [0.05, 0.1) is 23.8 Å². The standard InChI is InChI=1S/C25H29N3O3/c1-4-11-23(20-12-7-5-8-13-20)26-24(29)17-31-25(30)16-22-18(2)27-28(19(22)3)21-14-9-6-10-15-21/h5-10,12-15,23H,4,11,16-17H2,1-3H3,(H,26,29). The number of nitrogens with zero attached hydrogens (tertiary/aromatic N) is 2. The first-order chi connectivity index (χ1) is 15.0. The van der Waals surface area contributed by atoms with Crippen LogP contribution in [0.4, 0.5) is 0 Å². The number of ether oxygens (including phenoxy) is 1. The average molecular weight is 420 g/mol. The van der Waals surface area contributed by atoms with E-state index in [4.69, 9.17) is 4.74 Å². The van der Waals surface area contributed by atoms with Crippen molar-refractivity contribution < 1.29 is 14.3 Å². The fraction of sp³-hybridized carbons (Fsp3) is 0.320. The van der Waals surface area contributed by atoms with Crippen LogP contribution in [0.1, 0.15) is 48.3 Å². The van der Waals surface area contributed by atoms with Crippen molar-refractivity contribution in [2.45, 2.75) is 46.1 Å². The van der Waals surface area contributed by atoms with Crippen molar-refractivity contribution in [1.82, 2.24) is 15.1 Å². The number of carbonyl (C=O) groups excluding carboxylic acids is 2. The van der Waals surface area contributed by atoms with Gasteiger partial charge in [-0.05, 0) is 38.0 Å². The minimum atomic E-state index is -0.444. The third kappa shape index (κ3) is 5.81. The van der Waals surface area contributed by atoms with Gasteiger partial charge < -0.3 is 10.1 Å². The van der Waals surface area contributed by atoms with Crippen LogP contribution in [0.2, 0.25) is 0 Å². The Labute approximate surface area is 183 Å². The monoisotopic (exact) mass is 419 g/mol. The van der Waals surface area contributed by atoms with E-state index >= 15 is 0 Å². The smallest absolute Gasteiger partial charge is 0.310 e. The number of esters is 1. The van der Waals surface area contributed by atoms with Gasteiger partial charge >= 0.3 is 5.97 Å². The van der Waals surface area contributed by atoms with Gasteiger partial charge in [0, 0.05) is 11.3 Å². The van der Waals surface area contributed by atoms with E-state index in [1.54, 1.807) is 0 Å². The summed E-state index contributed by atoms with van der Waals surface area (Å²) in [6.45, 7) is 5.58. The molecule has 1 atom stereocenters. The van der Waals surface area contributed by atoms with Crippen LogP contribution in [-0.4, -0.2) is 28.3 Å². The summed E-state index contributed by atoms with van der Waals surface area (Å²) in [6, 6.07) is 19.5. The van der Waals surface area contributed by atoms with E-state index in [1.165, 1.54) is 0 Å². The highest BCUT2D eigenvalue weighted by molar-refractivity contribution is 5.81. The summed E-state index contributed by atoms with van der Waals surface area (Å²) < 4.78 is 7.08. The third-order valence-electron chi connectivity index (χ3n) is 5.24. The van der Waals surface area contributed by atoms with Crippen LogP contribution >= 0.6 is 0 Å². The number of benzene rings is 2. The second kappa shape index (κ2) is 10.6. The quantitative estimate of drug-likeness (QED) is 0.527. The summed E-state index contributed by atoms with van der Waals surface area (Å²) in [4.78, 5) is 24.8. The molecule has 1 heterocycles. The summed E-state index contributed by atoms with van der Waals surface area (Å²) in [5, 5.41) is 7.52. The van der Waals surface area contributed by atoms with Gasteiger partial charge in [0.2, 0.25) is 0 Å². The predicted molar refractivity (Wildman–Crippen MR) is 120 cm³/mol. The number of amides is 1. The Morgan fingerprint density at radius 2 is 1.68 bits per heavy atom. The van der Waals surface area contributed by atoms with E-state index < -0.39 is 5.97 Å². The molecule has 0 aliphatic rings. The second-order valence-corrected chi connectivity index (χ2v) is 7.55. The first kappa shape index (κ1) is 22.3. The molecular weight excluding hydrogens is 390 g/mol. The van der Waals surface area contributed by atoms with Crippen molar-refractivity contribution >= 4 is 11.9 Å². The molecule has 0 saturated carbocycles. The molecule has 0 fully saturated rings. The Morgan fingerprint density at radius 1 is 1.03 bits per heavy atom. The molecule has 6 heteroatoms. The van der Waals surface area contributed by atoms with E-state index in [2.05, 4.69) is 17.3 Å². The van der Waals surface area contributed by atoms with Gasteiger partial charge in [-0.25, -0.2) is 4.68 Å². The molecule has 0 radical (unpaired) electrons. The fourth-order valence-corrected chi connectivity index (χ4v) is 3.63. The molecule has 1 unspecified atom stereocenters. The van der Waals surface area contributed by atoms with Crippen LogP contribution in [0, 0.1) is 13.8 Å². The predicted octanol–water partition coefficient (Wildman–Crippen LogP) is 4.23. The Hall–Kier alpha value is -3.41. The van der Waals surface area contributed by atoms with Crippen molar-refractivity contribution in [2.24, 2.45) is 0 Å². The van der Waals surface area contributed by atoms with E-state index in [9.17, 15) is 9.59 Å². The van der Waals surface area contributed by atoms with Crippen LogP contribution in [0.25, 0.3) is 5.69 Å². The maximum atomic E-state index is 12.4. The Kier molecular flexibility index (Phi) is 7.60. The SMILES string of the molecule is CCCC(NC(=O)COC(=O)Cc1c(C)nn(-c2ccccc2)c1C)c1ccccc1. The van der Waals surface area contributed by atoms with Crippen molar-refractivity contribution in [3.8, 4) is 5.69 Å². The van der Waals surface area contributed by atoms with E-state index in [-0.39, 0.29) is 25.0 Å². The van der Waals surface area contributed by atoms with Crippen molar-refractivity contribution in [3.63, 3.8) is 0 Å². The highest BCUT2D eigenvalue weighted by Crippen LogP contribution is 2.19. The molecule has 3 rings (SSSR count). The third-order valence-corrected chi connectivity index (χ3v) is 5.24. The van der Waals surface area contributed by atoms with Crippen molar-refractivity contribution in [1.29, 1.82) is 0 Å². The number of hydrogen-bond acceptors (Lipinski definition) is 4. The van der Waals surface area contributed by atoms with Gasteiger partial charge in [0.15, 0.2) is 6.61 Å². The van der Waals surface area contributed by atoms with E-state index in [0.717, 1.165) is 41.0 Å². The van der Waals surface area contributed by atoms with Gasteiger partial charge in [0.1, 0.15) is 0 Å². The number of hydrogen-bond donors (Lipinski definition) is 1. The highest BCUT2D eigenvalue weighted by Gasteiger charge is 2.19. The summed E-state index contributed by atoms with van der Waals surface area (Å²) in [5.41, 5.74) is 4.46. The van der Waals surface area contributed by atoms with E-state index in [1.807, 2.05) is 79.2 Å². The lowest BCUT2D eigenvalue weighted by Crippen LogP contribution is -2.32. The number of aryl methyl sites for hydroxylation is 1. The molecule has 0 spiro atoms. The van der Waals surface area contributed by atoms with Crippen molar-refractivity contribution in [2.75, 3.05) is 6.61 Å². The molecule has 1 amide bonds. The lowest BCUT2D eigenvalue weighted by atomic mass is 10.0. The first-order valence-electron chi connectivity index (χ1n) is 10.6. The molecule has 0 aliphatic heterocycles. The number of para-hydroxylation sites is 1. The lowest BCUT2D eigenvalue weighted by molar-refractivity contribution is -0.148. The van der Waals surface area contributed by atoms with Gasteiger partial charge in [-0.1, -0.05) is 61.9 Å². The Bertz CT molecular complexity index is 1010. The van der Waals surface area contributed by atoms with Crippen LogP contribution in [0.5, 0.6) is 0 Å². The fourth-order valence-electron chi connectivity index (χ4n) is 3.63. The molecule has 0 bridgehead atoms. The molecule has 31 heavy (non-hydrogen) atoms. The molecular formula is C25H29N3O3. The van der Waals surface area contributed by atoms with Gasteiger partial charge in [-0.3, -0.25) is 9.59 Å². The van der Waals surface area contributed by atoms with Crippen LogP contribution in [0.3, 0.4) is 0 Å². The lowest BCUT2D eigenvalue weighted by Gasteiger charge is -2.18.